The number of carbonyl (C=O) groups excluding carboxylic acids is 1. The molecule has 0 N–H and O–H groups in total. The van der Waals surface area contributed by atoms with Crippen molar-refractivity contribution in [2.75, 3.05) is 0 Å². The van der Waals surface area contributed by atoms with E-state index in [2.05, 4.69) is 6.92 Å². The van der Waals surface area contributed by atoms with E-state index in [1.54, 1.807) is 16.7 Å². The van der Waals surface area contributed by atoms with Gasteiger partial charge in [0, 0.05) is 12.1 Å². The van der Waals surface area contributed by atoms with Gasteiger partial charge in [-0.15, -0.1) is 0 Å². The highest BCUT2D eigenvalue weighted by Gasteiger charge is 2.14. The van der Waals surface area contributed by atoms with Gasteiger partial charge in [0.15, 0.2) is 0 Å². The lowest BCUT2D eigenvalue weighted by Gasteiger charge is -2.16. The number of aryl methyl sites for hydroxylation is 2. The first-order chi connectivity index (χ1) is 14.0. The van der Waals surface area contributed by atoms with Crippen LogP contribution in [0.25, 0.3) is 0 Å². The van der Waals surface area contributed by atoms with E-state index in [1.807, 2.05) is 36.4 Å². The van der Waals surface area contributed by atoms with Crippen LogP contribution < -0.4 is 10.3 Å². The largest absolute Gasteiger partial charge is 0.487 e. The number of aromatic nitrogens is 1. The maximum Gasteiger partial charge on any atom is 0.269 e. The van der Waals surface area contributed by atoms with Crippen LogP contribution >= 0.6 is 23.2 Å². The normalized spacial score (nSPS) is 10.7. The number of benzene rings is 2. The van der Waals surface area contributed by atoms with E-state index >= 15 is 0 Å². The number of rotatable bonds is 8. The number of halogens is 2. The summed E-state index contributed by atoms with van der Waals surface area (Å²) >= 11 is 12.5. The Morgan fingerprint density at radius 1 is 1.00 bits per heavy atom. The standard InChI is InChI=1S/C23H21Cl2NO3/c1-2-16-4-3-5-19(12-16)29-15-22-20(24)13-21(25)23(28)26(22)11-10-17-6-8-18(14-27)9-7-17/h3-9,12-14H,2,10-11,15H2,1H3. The number of nitrogens with zero attached hydrogens (tertiary/aromatic N) is 1. The summed E-state index contributed by atoms with van der Waals surface area (Å²) in [6.07, 6.45) is 2.30. The van der Waals surface area contributed by atoms with Crippen LogP contribution in [0.2, 0.25) is 10.0 Å². The van der Waals surface area contributed by atoms with Crippen LogP contribution in [0, 0.1) is 0 Å². The molecule has 0 bridgehead atoms. The SMILES string of the molecule is CCc1cccc(OCc2c(Cl)cc(Cl)c(=O)n2CCc2ccc(C=O)cc2)c1. The van der Waals surface area contributed by atoms with E-state index in [0.29, 0.717) is 29.2 Å². The number of hydrogen-bond donors (Lipinski definition) is 0. The molecule has 29 heavy (non-hydrogen) atoms. The Morgan fingerprint density at radius 2 is 1.76 bits per heavy atom. The van der Waals surface area contributed by atoms with Gasteiger partial charge >= 0.3 is 0 Å². The molecule has 4 nitrogen and oxygen atoms in total. The zero-order valence-electron chi connectivity index (χ0n) is 16.0. The van der Waals surface area contributed by atoms with Crippen LogP contribution in [0.3, 0.4) is 0 Å². The summed E-state index contributed by atoms with van der Waals surface area (Å²) < 4.78 is 7.46. The average molecular weight is 430 g/mol. The van der Waals surface area contributed by atoms with Crippen LogP contribution in [0.5, 0.6) is 5.75 Å². The van der Waals surface area contributed by atoms with Crippen LogP contribution in [-0.2, 0) is 26.0 Å². The molecule has 6 heteroatoms. The summed E-state index contributed by atoms with van der Waals surface area (Å²) in [5.74, 6) is 0.721. The van der Waals surface area contributed by atoms with Crippen molar-refractivity contribution in [3.05, 3.63) is 97.4 Å². The van der Waals surface area contributed by atoms with Crippen molar-refractivity contribution in [3.8, 4) is 5.75 Å². The van der Waals surface area contributed by atoms with Gasteiger partial charge in [0.05, 0.1) is 10.7 Å². The summed E-state index contributed by atoms with van der Waals surface area (Å²) in [4.78, 5) is 23.4. The molecule has 0 aliphatic rings. The molecule has 0 atom stereocenters. The third-order valence-electron chi connectivity index (χ3n) is 4.73. The molecule has 3 aromatic rings. The molecule has 0 amide bonds. The van der Waals surface area contributed by atoms with Gasteiger partial charge in [-0.2, -0.15) is 0 Å². The smallest absolute Gasteiger partial charge is 0.269 e. The summed E-state index contributed by atoms with van der Waals surface area (Å²) in [6.45, 7) is 2.63. The van der Waals surface area contributed by atoms with Crippen LogP contribution in [-0.4, -0.2) is 10.9 Å². The van der Waals surface area contributed by atoms with Gasteiger partial charge in [0.1, 0.15) is 23.7 Å². The minimum Gasteiger partial charge on any atom is -0.487 e. The minimum atomic E-state index is -0.304. The average Bonchev–Trinajstić information content (AvgIpc) is 2.75. The van der Waals surface area contributed by atoms with Gasteiger partial charge in [-0.3, -0.25) is 9.59 Å². The fourth-order valence-corrected chi connectivity index (χ4v) is 3.56. The van der Waals surface area contributed by atoms with E-state index in [0.717, 1.165) is 24.0 Å². The van der Waals surface area contributed by atoms with E-state index in [4.69, 9.17) is 27.9 Å². The first kappa shape index (κ1) is 21.2. The molecule has 0 aliphatic heterocycles. The highest BCUT2D eigenvalue weighted by Crippen LogP contribution is 2.22. The summed E-state index contributed by atoms with van der Waals surface area (Å²) in [6, 6.07) is 16.5. The molecule has 0 unspecified atom stereocenters. The molecule has 1 heterocycles. The van der Waals surface area contributed by atoms with Crippen molar-refractivity contribution in [1.82, 2.24) is 4.57 Å². The molecule has 3 rings (SSSR count). The first-order valence-electron chi connectivity index (χ1n) is 9.35. The second-order valence-corrected chi connectivity index (χ2v) is 7.46. The van der Waals surface area contributed by atoms with Crippen molar-refractivity contribution in [1.29, 1.82) is 0 Å². The lowest BCUT2D eigenvalue weighted by molar-refractivity contribution is 0.112. The summed E-state index contributed by atoms with van der Waals surface area (Å²) in [5.41, 5.74) is 3.05. The number of pyridine rings is 1. The Balaban J connectivity index is 1.83. The number of ether oxygens (including phenoxy) is 1. The molecule has 0 saturated carbocycles. The number of carbonyl (C=O) groups is 1. The third-order valence-corrected chi connectivity index (χ3v) is 5.32. The van der Waals surface area contributed by atoms with Gasteiger partial charge in [-0.1, -0.05) is 66.5 Å². The Kier molecular flexibility index (Phi) is 7.13. The molecule has 0 aliphatic carbocycles. The van der Waals surface area contributed by atoms with Crippen LogP contribution in [0.4, 0.5) is 0 Å². The van der Waals surface area contributed by atoms with Gasteiger partial charge in [-0.25, -0.2) is 0 Å². The topological polar surface area (TPSA) is 48.3 Å². The lowest BCUT2D eigenvalue weighted by Crippen LogP contribution is -2.26. The molecule has 0 radical (unpaired) electrons. The molecule has 1 aromatic heterocycles. The van der Waals surface area contributed by atoms with Gasteiger partial charge in [-0.05, 0) is 42.2 Å². The Morgan fingerprint density at radius 3 is 2.45 bits per heavy atom. The van der Waals surface area contributed by atoms with Gasteiger partial charge in [0.25, 0.3) is 5.56 Å². The molecule has 2 aromatic carbocycles. The van der Waals surface area contributed by atoms with Crippen molar-refractivity contribution >= 4 is 29.5 Å². The predicted molar refractivity (Wildman–Crippen MR) is 116 cm³/mol. The van der Waals surface area contributed by atoms with Crippen molar-refractivity contribution in [2.45, 2.75) is 32.9 Å². The van der Waals surface area contributed by atoms with E-state index < -0.39 is 0 Å². The molecular formula is C23H21Cl2NO3. The second kappa shape index (κ2) is 9.77. The van der Waals surface area contributed by atoms with Gasteiger partial charge < -0.3 is 9.30 Å². The number of hydrogen-bond acceptors (Lipinski definition) is 3. The highest BCUT2D eigenvalue weighted by molar-refractivity contribution is 6.34. The third kappa shape index (κ3) is 5.28. The zero-order chi connectivity index (χ0) is 20.8. The summed E-state index contributed by atoms with van der Waals surface area (Å²) in [5, 5.41) is 0.459. The van der Waals surface area contributed by atoms with Crippen molar-refractivity contribution in [3.63, 3.8) is 0 Å². The Hall–Kier alpha value is -2.56. The van der Waals surface area contributed by atoms with Crippen LogP contribution in [0.15, 0.2) is 59.4 Å². The fraction of sp³-hybridized carbons (Fsp3) is 0.217. The quantitative estimate of drug-likeness (QED) is 0.453. The van der Waals surface area contributed by atoms with E-state index in [-0.39, 0.29) is 17.2 Å². The molecule has 0 spiro atoms. The lowest BCUT2D eigenvalue weighted by atomic mass is 10.1. The number of aldehydes is 1. The molecule has 0 fully saturated rings. The highest BCUT2D eigenvalue weighted by atomic mass is 35.5. The Bertz CT molecular complexity index is 1060. The second-order valence-electron chi connectivity index (χ2n) is 6.64. The maximum absolute atomic E-state index is 12.6. The van der Waals surface area contributed by atoms with E-state index in [9.17, 15) is 9.59 Å². The molecular weight excluding hydrogens is 409 g/mol. The van der Waals surface area contributed by atoms with Crippen molar-refractivity contribution in [2.24, 2.45) is 0 Å². The van der Waals surface area contributed by atoms with Crippen LogP contribution in [0.1, 0.15) is 34.1 Å². The summed E-state index contributed by atoms with van der Waals surface area (Å²) in [7, 11) is 0. The maximum atomic E-state index is 12.6. The first-order valence-corrected chi connectivity index (χ1v) is 10.1. The predicted octanol–water partition coefficient (Wildman–Crippen LogP) is 5.35. The molecule has 150 valence electrons. The fourth-order valence-electron chi connectivity index (χ4n) is 3.03. The van der Waals surface area contributed by atoms with Crippen molar-refractivity contribution < 1.29 is 9.53 Å². The Labute approximate surface area is 179 Å². The molecule has 0 saturated heterocycles. The van der Waals surface area contributed by atoms with Gasteiger partial charge in [0.2, 0.25) is 0 Å². The zero-order valence-corrected chi connectivity index (χ0v) is 17.5. The monoisotopic (exact) mass is 429 g/mol. The van der Waals surface area contributed by atoms with E-state index in [1.165, 1.54) is 11.6 Å². The minimum absolute atomic E-state index is 0.0723.